The Kier molecular flexibility index (Phi) is 19.6. The van der Waals surface area contributed by atoms with Crippen LogP contribution in [-0.2, 0) is 40.5 Å². The number of carbonyl (C=O) groups is 1. The molecule has 7 aromatic rings. The van der Waals surface area contributed by atoms with Crippen molar-refractivity contribution >= 4 is 131 Å². The van der Waals surface area contributed by atoms with Crippen LogP contribution in [0.5, 0.6) is 0 Å². The van der Waals surface area contributed by atoms with Crippen LogP contribution in [0.4, 0.5) is 28.4 Å². The third kappa shape index (κ3) is 13.0. The van der Waals surface area contributed by atoms with Crippen molar-refractivity contribution in [2.75, 3.05) is 5.32 Å². The van der Waals surface area contributed by atoms with Crippen LogP contribution in [0.2, 0.25) is 10.3 Å². The molecule has 0 fully saturated rings. The molecule has 0 aliphatic rings. The van der Waals surface area contributed by atoms with Crippen molar-refractivity contribution < 1.29 is 175 Å². The van der Waals surface area contributed by atoms with Gasteiger partial charge in [0.25, 0.3) is 5.91 Å². The largest absolute Gasteiger partial charge is 1.00 e. The van der Waals surface area contributed by atoms with E-state index in [1.807, 2.05) is 0 Å². The molecule has 1 aromatic heterocycles. The van der Waals surface area contributed by atoms with E-state index in [-0.39, 0.29) is 184 Å². The number of benzene rings is 6. The van der Waals surface area contributed by atoms with Gasteiger partial charge in [0.1, 0.15) is 46.2 Å². The van der Waals surface area contributed by atoms with Crippen LogP contribution in [0.25, 0.3) is 32.6 Å². The van der Waals surface area contributed by atoms with Gasteiger partial charge in [0.15, 0.2) is 10.3 Å². The second-order valence-electron chi connectivity index (χ2n) is 12.4. The molecule has 0 radical (unpaired) electrons. The molecule has 65 heavy (non-hydrogen) atoms. The Labute approximate surface area is 467 Å². The van der Waals surface area contributed by atoms with E-state index >= 15 is 0 Å². The number of amides is 1. The summed E-state index contributed by atoms with van der Waals surface area (Å²) in [4.78, 5) is 18.2. The number of rotatable bonds is 10. The van der Waals surface area contributed by atoms with Crippen LogP contribution in [0.3, 0.4) is 0 Å². The van der Waals surface area contributed by atoms with E-state index in [9.17, 15) is 56.7 Å². The fourth-order valence-corrected chi connectivity index (χ4v) is 8.45. The molecule has 0 spiro atoms. The summed E-state index contributed by atoms with van der Waals surface area (Å²) in [7, 11) is -20.7. The maximum Gasteiger partial charge on any atom is 1.00 e. The van der Waals surface area contributed by atoms with Gasteiger partial charge in [0.2, 0.25) is 0 Å². The van der Waals surface area contributed by atoms with Crippen molar-refractivity contribution in [1.29, 1.82) is 0 Å². The average Bonchev–Trinajstić information content (AvgIpc) is 3.18. The monoisotopic (exact) mass is 1030 g/mol. The van der Waals surface area contributed by atoms with Gasteiger partial charge in [0, 0.05) is 27.1 Å². The SMILES string of the molecule is O=C(Nc1ccc(N=Nc2ccc(N=Nc3cc(S(=O)(=O)[O-])ccc3S(=O)(=O)[O-])c3cc(S(=O)(=O)[O-])ccc23)c2cccc(S(=O)(=O)[O-])c12)c1ccc2nc(Cl)c(Cl)nc2c1.[Na+].[Na+].[Na+].[Na+]. The zero-order valence-corrected chi connectivity index (χ0v) is 46.4. The van der Waals surface area contributed by atoms with Crippen LogP contribution in [0.1, 0.15) is 10.4 Å². The summed E-state index contributed by atoms with van der Waals surface area (Å²) in [6.07, 6.45) is 0. The molecule has 0 atom stereocenters. The number of nitrogens with zero attached hydrogens (tertiary/aromatic N) is 6. The molecule has 20 nitrogen and oxygen atoms in total. The van der Waals surface area contributed by atoms with E-state index in [1.54, 1.807) is 0 Å². The number of fused-ring (bicyclic) bond motifs is 3. The number of anilines is 1. The van der Waals surface area contributed by atoms with Crippen molar-refractivity contribution in [2.45, 2.75) is 19.6 Å². The first kappa shape index (κ1) is 57.4. The number of hydrogen-bond acceptors (Lipinski definition) is 19. The first-order valence-electron chi connectivity index (χ1n) is 16.4. The number of nitrogens with one attached hydrogen (secondary N) is 1. The number of aromatic nitrogens is 2. The Morgan fingerprint density at radius 1 is 0.492 bits per heavy atom. The Balaban J connectivity index is 0.00000281. The molecule has 0 unspecified atom stereocenters. The minimum absolute atomic E-state index is 0. The predicted octanol–water partition coefficient (Wildman–Crippen LogP) is -5.04. The smallest absolute Gasteiger partial charge is 0.744 e. The zero-order chi connectivity index (χ0) is 44.2. The van der Waals surface area contributed by atoms with E-state index < -0.39 is 71.6 Å². The Morgan fingerprint density at radius 3 is 1.58 bits per heavy atom. The topological polar surface area (TPSA) is 333 Å². The first-order valence-corrected chi connectivity index (χ1v) is 22.8. The molecule has 0 saturated heterocycles. The number of halogens is 2. The molecule has 7 rings (SSSR count). The van der Waals surface area contributed by atoms with Gasteiger partial charge >= 0.3 is 118 Å². The van der Waals surface area contributed by atoms with Gasteiger partial charge in [0.05, 0.1) is 53.4 Å². The van der Waals surface area contributed by atoms with Crippen molar-refractivity contribution in [1.82, 2.24) is 9.97 Å². The first-order chi connectivity index (χ1) is 28.5. The van der Waals surface area contributed by atoms with Crippen LogP contribution in [-0.4, -0.2) is 67.8 Å². The molecular weight excluding hydrogens is 1020 g/mol. The Hall–Kier alpha value is -1.93. The van der Waals surface area contributed by atoms with Gasteiger partial charge in [-0.3, -0.25) is 4.79 Å². The number of azo groups is 2. The second kappa shape index (κ2) is 22.2. The van der Waals surface area contributed by atoms with E-state index in [2.05, 4.69) is 35.7 Å². The summed E-state index contributed by atoms with van der Waals surface area (Å²) in [5, 5.41) is 18.0. The fraction of sp³-hybridized carbons (Fsp3) is 0. The number of hydrogen-bond donors (Lipinski definition) is 1. The molecule has 0 aliphatic heterocycles. The number of carbonyl (C=O) groups excluding carboxylic acids is 1. The summed E-state index contributed by atoms with van der Waals surface area (Å²) in [5.41, 5.74) is -0.746. The van der Waals surface area contributed by atoms with Gasteiger partial charge < -0.3 is 23.5 Å². The molecule has 1 amide bonds. The molecule has 0 saturated carbocycles. The van der Waals surface area contributed by atoms with E-state index in [1.165, 1.54) is 48.5 Å². The molecule has 1 N–H and O–H groups in total. The van der Waals surface area contributed by atoms with Crippen molar-refractivity contribution in [3.63, 3.8) is 0 Å². The summed E-state index contributed by atoms with van der Waals surface area (Å²) in [6.45, 7) is 0. The second-order valence-corrected chi connectivity index (χ2v) is 18.6. The van der Waals surface area contributed by atoms with Crippen molar-refractivity contribution in [3.8, 4) is 0 Å². The van der Waals surface area contributed by atoms with E-state index in [4.69, 9.17) is 23.2 Å². The van der Waals surface area contributed by atoms with E-state index in [0.717, 1.165) is 30.3 Å². The minimum atomic E-state index is -5.30. The molecule has 6 aromatic carbocycles. The standard InChI is InChI=1S/C35H21Cl2N7O13S4.4Na/c36-33-34(37)39-28-14-17(4-8-26(28)38-33)35(45)40-27-12-11-24(21-2-1-3-31(32(21)27)61(55,56)57)42-41-23-9-10-25(22-15-18(58(46,47)48)5-7-20(22)23)43-44-29-16-19(59(49,50)51)6-13-30(29)60(52,53)54;;;;/h1-16H,(H,40,45)(H,46,47,48)(H,49,50,51)(H,52,53,54)(H,55,56,57);;;;/q;4*+1/p-4. The quantitative estimate of drug-likeness (QED) is 0.0762. The summed E-state index contributed by atoms with van der Waals surface area (Å²) in [6, 6.07) is 17.4. The third-order valence-corrected chi connectivity index (χ3v) is 12.6. The molecule has 30 heteroatoms. The minimum Gasteiger partial charge on any atom is -0.744 e. The maximum absolute atomic E-state index is 13.5. The van der Waals surface area contributed by atoms with Crippen LogP contribution in [0.15, 0.2) is 137 Å². The summed E-state index contributed by atoms with van der Waals surface area (Å²) >= 11 is 11.9. The van der Waals surface area contributed by atoms with Gasteiger partial charge in [-0.05, 0) is 78.9 Å². The molecular formula is C35H17Cl2N7Na4O13S4. The molecule has 1 heterocycles. The van der Waals surface area contributed by atoms with E-state index in [0.29, 0.717) is 23.7 Å². The van der Waals surface area contributed by atoms with Crippen molar-refractivity contribution in [3.05, 3.63) is 113 Å². The maximum atomic E-state index is 13.5. The Morgan fingerprint density at radius 2 is 1.00 bits per heavy atom. The average molecular weight is 1030 g/mol. The van der Waals surface area contributed by atoms with Gasteiger partial charge in [-0.25, -0.2) is 43.6 Å². The fourth-order valence-electron chi connectivity index (χ4n) is 5.89. The summed E-state index contributed by atoms with van der Waals surface area (Å²) in [5.74, 6) is -0.749. The molecule has 0 aliphatic carbocycles. The van der Waals surface area contributed by atoms with Crippen LogP contribution in [0, 0.1) is 0 Å². The predicted molar refractivity (Wildman–Crippen MR) is 212 cm³/mol. The van der Waals surface area contributed by atoms with Crippen LogP contribution < -0.4 is 124 Å². The third-order valence-electron chi connectivity index (χ3n) is 8.59. The van der Waals surface area contributed by atoms with Gasteiger partial charge in [-0.2, -0.15) is 0 Å². The molecule has 0 bridgehead atoms. The van der Waals surface area contributed by atoms with Crippen molar-refractivity contribution in [2.24, 2.45) is 20.5 Å². The molecule has 312 valence electrons. The van der Waals surface area contributed by atoms with Gasteiger partial charge in [-0.15, -0.1) is 20.5 Å². The normalized spacial score (nSPS) is 12.1. The summed E-state index contributed by atoms with van der Waals surface area (Å²) < 4.78 is 144. The van der Waals surface area contributed by atoms with Crippen LogP contribution >= 0.6 is 23.2 Å². The zero-order valence-electron chi connectivity index (χ0n) is 33.6. The van der Waals surface area contributed by atoms with Gasteiger partial charge in [-0.1, -0.05) is 41.4 Å². The Bertz CT molecular complexity index is 3600.